The molecule has 0 aliphatic carbocycles. The van der Waals surface area contributed by atoms with Crippen molar-refractivity contribution in [2.45, 2.75) is 45.4 Å². The largest absolute Gasteiger partial charge is 0.427 e. The molecule has 132 valence electrons. The predicted octanol–water partition coefficient (Wildman–Crippen LogP) is 6.00. The van der Waals surface area contributed by atoms with E-state index in [0.29, 0.717) is 17.7 Å². The van der Waals surface area contributed by atoms with Crippen molar-refractivity contribution in [1.29, 1.82) is 0 Å². The van der Waals surface area contributed by atoms with Crippen LogP contribution >= 0.6 is 11.6 Å². The quantitative estimate of drug-likeness (QED) is 0.239. The summed E-state index contributed by atoms with van der Waals surface area (Å²) in [5, 5.41) is -0.469. The maximum atomic E-state index is 11.8. The first kappa shape index (κ1) is 19.2. The zero-order valence-corrected chi connectivity index (χ0v) is 15.2. The van der Waals surface area contributed by atoms with E-state index in [1.807, 2.05) is 24.3 Å². The van der Waals surface area contributed by atoms with E-state index in [9.17, 15) is 9.59 Å². The second-order valence-corrected chi connectivity index (χ2v) is 6.36. The van der Waals surface area contributed by atoms with Crippen LogP contribution in [-0.4, -0.2) is 11.2 Å². The van der Waals surface area contributed by atoms with Crippen molar-refractivity contribution in [3.05, 3.63) is 54.1 Å². The van der Waals surface area contributed by atoms with Gasteiger partial charge in [0.2, 0.25) is 0 Å². The first-order valence-corrected chi connectivity index (χ1v) is 9.09. The summed E-state index contributed by atoms with van der Waals surface area (Å²) < 4.78 is 5.36. The van der Waals surface area contributed by atoms with E-state index in [1.165, 1.54) is 19.3 Å². The summed E-state index contributed by atoms with van der Waals surface area (Å²) in [6, 6.07) is 14.4. The second kappa shape index (κ2) is 10.00. The summed E-state index contributed by atoms with van der Waals surface area (Å²) in [6.07, 6.45) is 6.00. The lowest BCUT2D eigenvalue weighted by Gasteiger charge is -2.06. The molecule has 0 saturated carbocycles. The molecule has 0 atom stereocenters. The average Bonchev–Trinajstić information content (AvgIpc) is 2.62. The molecule has 25 heavy (non-hydrogen) atoms. The summed E-state index contributed by atoms with van der Waals surface area (Å²) in [5.74, 6) is 0.365. The van der Waals surface area contributed by atoms with Crippen molar-refractivity contribution in [2.75, 3.05) is 0 Å². The van der Waals surface area contributed by atoms with Gasteiger partial charge in [-0.1, -0.05) is 56.9 Å². The summed E-state index contributed by atoms with van der Waals surface area (Å²) in [5.41, 5.74) is 2.42. The lowest BCUT2D eigenvalue weighted by atomic mass is 10.0. The van der Waals surface area contributed by atoms with Crippen molar-refractivity contribution < 1.29 is 14.3 Å². The molecule has 0 radical (unpaired) electrons. The number of hydrogen-bond acceptors (Lipinski definition) is 3. The van der Waals surface area contributed by atoms with E-state index >= 15 is 0 Å². The van der Waals surface area contributed by atoms with Crippen LogP contribution < -0.4 is 4.74 Å². The van der Waals surface area contributed by atoms with Crippen LogP contribution in [0.2, 0.25) is 0 Å². The van der Waals surface area contributed by atoms with Crippen molar-refractivity contribution in [2.24, 2.45) is 0 Å². The molecule has 0 aliphatic heterocycles. The molecule has 2 aromatic rings. The lowest BCUT2D eigenvalue weighted by Crippen LogP contribution is -2.07. The molecule has 0 unspecified atom stereocenters. The molecule has 4 heteroatoms. The van der Waals surface area contributed by atoms with Gasteiger partial charge >= 0.3 is 5.97 Å². The van der Waals surface area contributed by atoms with E-state index in [0.717, 1.165) is 24.0 Å². The van der Waals surface area contributed by atoms with Gasteiger partial charge in [-0.3, -0.25) is 9.59 Å². The van der Waals surface area contributed by atoms with Gasteiger partial charge in [0, 0.05) is 12.0 Å². The SMILES string of the molecule is CCCCCCCC(=O)Oc1ccc(-c2ccc(C(=O)Cl)cc2)cc1. The number of unbranched alkanes of at least 4 members (excludes halogenated alkanes) is 4. The Bertz CT molecular complexity index is 690. The van der Waals surface area contributed by atoms with Gasteiger partial charge in [0.1, 0.15) is 5.75 Å². The topological polar surface area (TPSA) is 43.4 Å². The molecular formula is C21H23ClO3. The van der Waals surface area contributed by atoms with E-state index in [4.69, 9.17) is 16.3 Å². The molecule has 0 aromatic heterocycles. The standard InChI is InChI=1S/C21H23ClO3/c1-2-3-4-5-6-7-20(23)25-19-14-12-17(13-15-19)16-8-10-18(11-9-16)21(22)24/h8-15H,2-7H2,1H3. The summed E-state index contributed by atoms with van der Waals surface area (Å²) in [6.45, 7) is 2.17. The number of rotatable bonds is 9. The van der Waals surface area contributed by atoms with Crippen LogP contribution in [-0.2, 0) is 4.79 Å². The molecule has 0 fully saturated rings. The Kier molecular flexibility index (Phi) is 7.68. The Labute approximate surface area is 154 Å². The number of benzene rings is 2. The van der Waals surface area contributed by atoms with Gasteiger partial charge in [0.05, 0.1) is 0 Å². The monoisotopic (exact) mass is 358 g/mol. The molecule has 0 bridgehead atoms. The van der Waals surface area contributed by atoms with Crippen molar-refractivity contribution in [3.63, 3.8) is 0 Å². The average molecular weight is 359 g/mol. The summed E-state index contributed by atoms with van der Waals surface area (Å²) in [4.78, 5) is 22.9. The lowest BCUT2D eigenvalue weighted by molar-refractivity contribution is -0.134. The number of halogens is 1. The van der Waals surface area contributed by atoms with Crippen molar-refractivity contribution >= 4 is 22.8 Å². The smallest absolute Gasteiger partial charge is 0.311 e. The van der Waals surface area contributed by atoms with Crippen LogP contribution in [0.5, 0.6) is 5.75 Å². The molecule has 0 saturated heterocycles. The third-order valence-electron chi connectivity index (χ3n) is 4.02. The van der Waals surface area contributed by atoms with E-state index < -0.39 is 5.24 Å². The third kappa shape index (κ3) is 6.35. The molecule has 2 aromatic carbocycles. The fourth-order valence-corrected chi connectivity index (χ4v) is 2.69. The fourth-order valence-electron chi connectivity index (χ4n) is 2.56. The highest BCUT2D eigenvalue weighted by Crippen LogP contribution is 2.23. The Morgan fingerprint density at radius 2 is 1.40 bits per heavy atom. The van der Waals surface area contributed by atoms with Gasteiger partial charge < -0.3 is 4.74 Å². The van der Waals surface area contributed by atoms with Crippen LogP contribution in [0.3, 0.4) is 0 Å². The molecule has 2 rings (SSSR count). The Morgan fingerprint density at radius 3 is 1.96 bits per heavy atom. The zero-order chi connectivity index (χ0) is 18.1. The maximum Gasteiger partial charge on any atom is 0.311 e. The first-order chi connectivity index (χ1) is 12.1. The minimum absolute atomic E-state index is 0.186. The van der Waals surface area contributed by atoms with Gasteiger partial charge in [0.15, 0.2) is 0 Å². The Morgan fingerprint density at radius 1 is 0.840 bits per heavy atom. The van der Waals surface area contributed by atoms with Gasteiger partial charge in [-0.25, -0.2) is 0 Å². The van der Waals surface area contributed by atoms with Crippen molar-refractivity contribution in [1.82, 2.24) is 0 Å². The van der Waals surface area contributed by atoms with E-state index in [2.05, 4.69) is 6.92 Å². The van der Waals surface area contributed by atoms with Gasteiger partial charge in [-0.2, -0.15) is 0 Å². The minimum atomic E-state index is -0.469. The maximum absolute atomic E-state index is 11.8. The van der Waals surface area contributed by atoms with Crippen LogP contribution in [0, 0.1) is 0 Å². The predicted molar refractivity (Wildman–Crippen MR) is 101 cm³/mol. The summed E-state index contributed by atoms with van der Waals surface area (Å²) >= 11 is 5.44. The van der Waals surface area contributed by atoms with E-state index in [-0.39, 0.29) is 5.97 Å². The zero-order valence-electron chi connectivity index (χ0n) is 14.5. The van der Waals surface area contributed by atoms with Gasteiger partial charge in [0.25, 0.3) is 5.24 Å². The molecule has 3 nitrogen and oxygen atoms in total. The minimum Gasteiger partial charge on any atom is -0.427 e. The van der Waals surface area contributed by atoms with Gasteiger partial charge in [-0.15, -0.1) is 0 Å². The molecule has 0 spiro atoms. The van der Waals surface area contributed by atoms with Crippen LogP contribution in [0.15, 0.2) is 48.5 Å². The number of hydrogen-bond donors (Lipinski definition) is 0. The molecule has 0 heterocycles. The van der Waals surface area contributed by atoms with Crippen molar-refractivity contribution in [3.8, 4) is 16.9 Å². The fraction of sp³-hybridized carbons (Fsp3) is 0.333. The number of esters is 1. The van der Waals surface area contributed by atoms with E-state index in [1.54, 1.807) is 24.3 Å². The molecule has 0 aliphatic rings. The highest BCUT2D eigenvalue weighted by Gasteiger charge is 2.06. The number of ether oxygens (including phenoxy) is 1. The van der Waals surface area contributed by atoms with Crippen LogP contribution in [0.4, 0.5) is 0 Å². The van der Waals surface area contributed by atoms with Crippen LogP contribution in [0.25, 0.3) is 11.1 Å². The Hall–Kier alpha value is -2.13. The van der Waals surface area contributed by atoms with Crippen LogP contribution in [0.1, 0.15) is 55.8 Å². The molecule has 0 amide bonds. The Balaban J connectivity index is 1.87. The normalized spacial score (nSPS) is 10.5. The highest BCUT2D eigenvalue weighted by molar-refractivity contribution is 6.67. The second-order valence-electron chi connectivity index (χ2n) is 6.01. The molecular weight excluding hydrogens is 336 g/mol. The number of carbonyl (C=O) groups is 2. The molecule has 0 N–H and O–H groups in total. The van der Waals surface area contributed by atoms with Gasteiger partial charge in [-0.05, 0) is 53.4 Å². The number of carbonyl (C=O) groups excluding carboxylic acids is 2. The summed E-state index contributed by atoms with van der Waals surface area (Å²) in [7, 11) is 0. The first-order valence-electron chi connectivity index (χ1n) is 8.71. The highest BCUT2D eigenvalue weighted by atomic mass is 35.5. The third-order valence-corrected chi connectivity index (χ3v) is 4.23.